The minimum atomic E-state index is -1.02. The fraction of sp³-hybridized carbons (Fsp3) is 0.467. The molecule has 1 aromatic rings. The monoisotopic (exact) mass is 276 g/mol. The first kappa shape index (κ1) is 14.5. The van der Waals surface area contributed by atoms with E-state index in [2.05, 4.69) is 35.3 Å². The number of likely N-dealkylation sites (tertiary alicyclic amines) is 1. The van der Waals surface area contributed by atoms with E-state index in [4.69, 9.17) is 5.11 Å². The Bertz CT molecular complexity index is 502. The normalized spacial score (nSPS) is 18.9. The van der Waals surface area contributed by atoms with E-state index < -0.39 is 5.97 Å². The lowest BCUT2D eigenvalue weighted by molar-refractivity contribution is -0.138. The Morgan fingerprint density at radius 2 is 2.25 bits per heavy atom. The predicted molar refractivity (Wildman–Crippen MR) is 75.4 cm³/mol. The molecule has 0 aromatic heterocycles. The summed E-state index contributed by atoms with van der Waals surface area (Å²) >= 11 is 0. The van der Waals surface area contributed by atoms with Gasteiger partial charge in [-0.1, -0.05) is 29.8 Å². The molecular formula is C15H20N2O3. The third kappa shape index (κ3) is 3.81. The number of hydrogen-bond donors (Lipinski definition) is 2. The van der Waals surface area contributed by atoms with Gasteiger partial charge >= 0.3 is 5.97 Å². The van der Waals surface area contributed by atoms with Crippen molar-refractivity contribution in [3.05, 3.63) is 35.4 Å². The van der Waals surface area contributed by atoms with Gasteiger partial charge in [0.25, 0.3) is 0 Å². The van der Waals surface area contributed by atoms with Crippen molar-refractivity contribution in [2.75, 3.05) is 19.6 Å². The van der Waals surface area contributed by atoms with Crippen LogP contribution in [0.1, 0.15) is 30.0 Å². The van der Waals surface area contributed by atoms with E-state index in [0.29, 0.717) is 0 Å². The lowest BCUT2D eigenvalue weighted by Crippen LogP contribution is -2.39. The molecule has 1 aliphatic heterocycles. The van der Waals surface area contributed by atoms with Gasteiger partial charge in [0.15, 0.2) is 0 Å². The Morgan fingerprint density at radius 1 is 1.45 bits per heavy atom. The van der Waals surface area contributed by atoms with Gasteiger partial charge in [0.05, 0.1) is 6.54 Å². The fourth-order valence-corrected chi connectivity index (χ4v) is 2.68. The summed E-state index contributed by atoms with van der Waals surface area (Å²) in [5.41, 5.74) is 2.44. The SMILES string of the molecule is Cc1cccc(C2CCCN2CC(=O)NCC(=O)O)c1. The molecule has 1 amide bonds. The van der Waals surface area contributed by atoms with Crippen molar-refractivity contribution in [1.82, 2.24) is 10.2 Å². The molecule has 0 aliphatic carbocycles. The summed E-state index contributed by atoms with van der Waals surface area (Å²) in [6, 6.07) is 8.59. The Labute approximate surface area is 118 Å². The fourth-order valence-electron chi connectivity index (χ4n) is 2.68. The number of nitrogens with zero attached hydrogens (tertiary/aromatic N) is 1. The van der Waals surface area contributed by atoms with Gasteiger partial charge < -0.3 is 10.4 Å². The zero-order valence-corrected chi connectivity index (χ0v) is 11.6. The lowest BCUT2D eigenvalue weighted by atomic mass is 10.0. The summed E-state index contributed by atoms with van der Waals surface area (Å²) in [6.45, 7) is 2.87. The van der Waals surface area contributed by atoms with Crippen molar-refractivity contribution in [3.63, 3.8) is 0 Å². The molecule has 1 fully saturated rings. The zero-order valence-electron chi connectivity index (χ0n) is 11.6. The Morgan fingerprint density at radius 3 is 2.95 bits per heavy atom. The van der Waals surface area contributed by atoms with Crippen molar-refractivity contribution >= 4 is 11.9 Å². The molecule has 1 atom stereocenters. The van der Waals surface area contributed by atoms with Crippen LogP contribution in [-0.4, -0.2) is 41.5 Å². The smallest absolute Gasteiger partial charge is 0.322 e. The van der Waals surface area contributed by atoms with Crippen LogP contribution in [0.15, 0.2) is 24.3 Å². The Balaban J connectivity index is 1.97. The largest absolute Gasteiger partial charge is 0.480 e. The van der Waals surface area contributed by atoms with E-state index in [1.807, 2.05) is 6.07 Å². The minimum Gasteiger partial charge on any atom is -0.480 e. The molecule has 1 saturated heterocycles. The van der Waals surface area contributed by atoms with Crippen molar-refractivity contribution < 1.29 is 14.7 Å². The first-order chi connectivity index (χ1) is 9.56. The second kappa shape index (κ2) is 6.52. The highest BCUT2D eigenvalue weighted by molar-refractivity contribution is 5.82. The number of carboxylic acids is 1. The highest BCUT2D eigenvalue weighted by atomic mass is 16.4. The lowest BCUT2D eigenvalue weighted by Gasteiger charge is -2.24. The number of carbonyl (C=O) groups is 2. The van der Waals surface area contributed by atoms with E-state index in [0.717, 1.165) is 19.4 Å². The molecule has 20 heavy (non-hydrogen) atoms. The zero-order chi connectivity index (χ0) is 14.5. The molecule has 5 heteroatoms. The van der Waals surface area contributed by atoms with Crippen LogP contribution in [0, 0.1) is 6.92 Å². The standard InChI is InChI=1S/C15H20N2O3/c1-11-4-2-5-12(8-11)13-6-3-7-17(13)10-14(18)16-9-15(19)20/h2,4-5,8,13H,3,6-7,9-10H2,1H3,(H,16,18)(H,19,20). The molecule has 1 unspecified atom stereocenters. The Kier molecular flexibility index (Phi) is 4.74. The summed E-state index contributed by atoms with van der Waals surface area (Å²) in [5, 5.41) is 11.0. The molecule has 2 rings (SSSR count). The molecule has 5 nitrogen and oxygen atoms in total. The van der Waals surface area contributed by atoms with E-state index in [9.17, 15) is 9.59 Å². The summed E-state index contributed by atoms with van der Waals surface area (Å²) < 4.78 is 0. The van der Waals surface area contributed by atoms with Crippen LogP contribution in [0.2, 0.25) is 0 Å². The van der Waals surface area contributed by atoms with Gasteiger partial charge in [0.1, 0.15) is 6.54 Å². The minimum absolute atomic E-state index is 0.230. The number of aryl methyl sites for hydroxylation is 1. The summed E-state index contributed by atoms with van der Waals surface area (Å²) in [7, 11) is 0. The summed E-state index contributed by atoms with van der Waals surface area (Å²) in [5.74, 6) is -1.25. The van der Waals surface area contributed by atoms with Crippen LogP contribution in [-0.2, 0) is 9.59 Å². The van der Waals surface area contributed by atoms with Crippen molar-refractivity contribution in [2.24, 2.45) is 0 Å². The van der Waals surface area contributed by atoms with Crippen LogP contribution >= 0.6 is 0 Å². The van der Waals surface area contributed by atoms with Crippen molar-refractivity contribution in [1.29, 1.82) is 0 Å². The van der Waals surface area contributed by atoms with Crippen molar-refractivity contribution in [2.45, 2.75) is 25.8 Å². The number of amides is 1. The molecule has 1 heterocycles. The Hall–Kier alpha value is -1.88. The van der Waals surface area contributed by atoms with E-state index in [1.165, 1.54) is 11.1 Å². The molecule has 1 aliphatic rings. The molecule has 2 N–H and O–H groups in total. The highest BCUT2D eigenvalue weighted by Gasteiger charge is 2.27. The van der Waals surface area contributed by atoms with Crippen LogP contribution < -0.4 is 5.32 Å². The average molecular weight is 276 g/mol. The van der Waals surface area contributed by atoms with Gasteiger partial charge in [-0.05, 0) is 31.9 Å². The topological polar surface area (TPSA) is 69.6 Å². The number of carboxylic acid groups (broad SMARTS) is 1. The second-order valence-corrected chi connectivity index (χ2v) is 5.21. The van der Waals surface area contributed by atoms with Gasteiger partial charge in [-0.3, -0.25) is 14.5 Å². The number of benzene rings is 1. The van der Waals surface area contributed by atoms with Gasteiger partial charge in [-0.15, -0.1) is 0 Å². The van der Waals surface area contributed by atoms with E-state index >= 15 is 0 Å². The molecule has 0 bridgehead atoms. The van der Waals surface area contributed by atoms with Crippen LogP contribution in [0.3, 0.4) is 0 Å². The second-order valence-electron chi connectivity index (χ2n) is 5.21. The maximum atomic E-state index is 11.7. The average Bonchev–Trinajstić information content (AvgIpc) is 2.84. The van der Waals surface area contributed by atoms with Crippen LogP contribution in [0.25, 0.3) is 0 Å². The molecule has 0 saturated carbocycles. The molecule has 108 valence electrons. The first-order valence-electron chi connectivity index (χ1n) is 6.85. The van der Waals surface area contributed by atoms with Crippen LogP contribution in [0.5, 0.6) is 0 Å². The van der Waals surface area contributed by atoms with Gasteiger partial charge in [-0.25, -0.2) is 0 Å². The quantitative estimate of drug-likeness (QED) is 0.851. The highest BCUT2D eigenvalue weighted by Crippen LogP contribution is 2.31. The first-order valence-corrected chi connectivity index (χ1v) is 6.85. The van der Waals surface area contributed by atoms with E-state index in [-0.39, 0.29) is 25.0 Å². The summed E-state index contributed by atoms with van der Waals surface area (Å²) in [4.78, 5) is 24.3. The predicted octanol–water partition coefficient (Wildman–Crippen LogP) is 1.33. The number of carbonyl (C=O) groups excluding carboxylic acids is 1. The molecule has 0 spiro atoms. The maximum Gasteiger partial charge on any atom is 0.322 e. The van der Waals surface area contributed by atoms with Gasteiger partial charge in [-0.2, -0.15) is 0 Å². The van der Waals surface area contributed by atoms with Gasteiger partial charge in [0.2, 0.25) is 5.91 Å². The third-order valence-corrected chi connectivity index (χ3v) is 3.57. The molecule has 1 aromatic carbocycles. The van der Waals surface area contributed by atoms with Gasteiger partial charge in [0, 0.05) is 6.04 Å². The summed E-state index contributed by atoms with van der Waals surface area (Å²) in [6.07, 6.45) is 2.10. The number of nitrogens with one attached hydrogen (secondary N) is 1. The number of hydrogen-bond acceptors (Lipinski definition) is 3. The maximum absolute atomic E-state index is 11.7. The number of rotatable bonds is 5. The van der Waals surface area contributed by atoms with Crippen molar-refractivity contribution in [3.8, 4) is 0 Å². The number of aliphatic carboxylic acids is 1. The third-order valence-electron chi connectivity index (χ3n) is 3.57. The molecular weight excluding hydrogens is 256 g/mol. The molecule has 0 radical (unpaired) electrons. The van der Waals surface area contributed by atoms with Crippen LogP contribution in [0.4, 0.5) is 0 Å². The van der Waals surface area contributed by atoms with E-state index in [1.54, 1.807) is 0 Å².